The van der Waals surface area contributed by atoms with Gasteiger partial charge in [-0.05, 0) is 55.9 Å². The third-order valence-electron chi connectivity index (χ3n) is 3.62. The largest absolute Gasteiger partial charge is 0.399 e. The molecule has 0 amide bonds. The maximum Gasteiger partial charge on any atom is 0.0434 e. The van der Waals surface area contributed by atoms with Crippen molar-refractivity contribution in [2.45, 2.75) is 26.2 Å². The maximum absolute atomic E-state index is 9.03. The van der Waals surface area contributed by atoms with Crippen LogP contribution in [0.3, 0.4) is 0 Å². The first-order chi connectivity index (χ1) is 8.20. The first-order valence-corrected chi connectivity index (χ1v) is 6.42. The van der Waals surface area contributed by atoms with Crippen LogP contribution in [0.1, 0.15) is 24.8 Å². The molecule has 3 N–H and O–H groups in total. The molecule has 1 aliphatic heterocycles. The van der Waals surface area contributed by atoms with Gasteiger partial charge in [-0.2, -0.15) is 0 Å². The second-order valence-corrected chi connectivity index (χ2v) is 5.01. The van der Waals surface area contributed by atoms with E-state index in [4.69, 9.17) is 10.8 Å². The minimum absolute atomic E-state index is 0.305. The van der Waals surface area contributed by atoms with E-state index in [1.54, 1.807) is 0 Å². The van der Waals surface area contributed by atoms with E-state index in [1.165, 1.54) is 24.1 Å². The van der Waals surface area contributed by atoms with Crippen molar-refractivity contribution in [2.24, 2.45) is 5.92 Å². The maximum atomic E-state index is 9.03. The summed E-state index contributed by atoms with van der Waals surface area (Å²) in [4.78, 5) is 2.43. The molecule has 2 rings (SSSR count). The van der Waals surface area contributed by atoms with Gasteiger partial charge in [0.15, 0.2) is 0 Å². The number of nitrogens with zero attached hydrogens (tertiary/aromatic N) is 1. The highest BCUT2D eigenvalue weighted by molar-refractivity contribution is 5.59. The first-order valence-electron chi connectivity index (χ1n) is 6.42. The fourth-order valence-corrected chi connectivity index (χ4v) is 2.74. The molecular weight excluding hydrogens is 212 g/mol. The molecule has 1 aromatic carbocycles. The number of benzene rings is 1. The number of hydrogen-bond acceptors (Lipinski definition) is 3. The zero-order valence-corrected chi connectivity index (χ0v) is 10.5. The number of nitrogen functional groups attached to an aromatic ring is 1. The van der Waals surface area contributed by atoms with Gasteiger partial charge in [-0.1, -0.05) is 0 Å². The number of piperidine rings is 1. The molecule has 0 saturated carbocycles. The highest BCUT2D eigenvalue weighted by Crippen LogP contribution is 2.28. The van der Waals surface area contributed by atoms with E-state index in [1.807, 2.05) is 12.1 Å². The monoisotopic (exact) mass is 234 g/mol. The van der Waals surface area contributed by atoms with Crippen LogP contribution in [0.15, 0.2) is 18.2 Å². The Morgan fingerprint density at radius 3 is 3.00 bits per heavy atom. The molecule has 1 atom stereocenters. The summed E-state index contributed by atoms with van der Waals surface area (Å²) in [6.07, 6.45) is 3.38. The molecule has 1 unspecified atom stereocenters. The molecule has 0 aliphatic carbocycles. The average Bonchev–Trinajstić information content (AvgIpc) is 2.29. The normalized spacial score (nSPS) is 20.6. The van der Waals surface area contributed by atoms with Gasteiger partial charge in [-0.15, -0.1) is 0 Å². The van der Waals surface area contributed by atoms with E-state index in [-0.39, 0.29) is 0 Å². The second kappa shape index (κ2) is 5.41. The van der Waals surface area contributed by atoms with Crippen LogP contribution in [0.4, 0.5) is 11.4 Å². The lowest BCUT2D eigenvalue weighted by molar-refractivity contribution is 0.244. The van der Waals surface area contributed by atoms with Crippen LogP contribution >= 0.6 is 0 Å². The Balaban J connectivity index is 2.10. The molecule has 3 heteroatoms. The number of rotatable bonds is 3. The van der Waals surface area contributed by atoms with E-state index >= 15 is 0 Å². The Kier molecular flexibility index (Phi) is 3.89. The van der Waals surface area contributed by atoms with Crippen molar-refractivity contribution in [2.75, 3.05) is 30.3 Å². The molecular formula is C14H22N2O. The van der Waals surface area contributed by atoms with Crippen molar-refractivity contribution < 1.29 is 5.11 Å². The van der Waals surface area contributed by atoms with Crippen molar-refractivity contribution in [1.82, 2.24) is 0 Å². The van der Waals surface area contributed by atoms with Gasteiger partial charge < -0.3 is 15.7 Å². The van der Waals surface area contributed by atoms with Crippen LogP contribution in [0, 0.1) is 12.8 Å². The topological polar surface area (TPSA) is 49.5 Å². The summed E-state index contributed by atoms with van der Waals surface area (Å²) in [6, 6.07) is 6.12. The molecule has 1 aliphatic rings. The molecule has 17 heavy (non-hydrogen) atoms. The molecule has 0 spiro atoms. The number of nitrogens with two attached hydrogens (primary N) is 1. The van der Waals surface area contributed by atoms with Crippen LogP contribution < -0.4 is 10.6 Å². The summed E-state index contributed by atoms with van der Waals surface area (Å²) in [5.41, 5.74) is 9.15. The van der Waals surface area contributed by atoms with Crippen LogP contribution in [0.2, 0.25) is 0 Å². The molecule has 3 nitrogen and oxygen atoms in total. The summed E-state index contributed by atoms with van der Waals surface area (Å²) in [6.45, 7) is 4.60. The molecule has 0 radical (unpaired) electrons. The quantitative estimate of drug-likeness (QED) is 0.788. The molecule has 0 aromatic heterocycles. The van der Waals surface area contributed by atoms with Crippen molar-refractivity contribution in [1.29, 1.82) is 0 Å². The van der Waals surface area contributed by atoms with Gasteiger partial charge in [-0.3, -0.25) is 0 Å². The van der Waals surface area contributed by atoms with Gasteiger partial charge in [0.05, 0.1) is 0 Å². The molecule has 0 bridgehead atoms. The van der Waals surface area contributed by atoms with Crippen LogP contribution in [0.5, 0.6) is 0 Å². The van der Waals surface area contributed by atoms with E-state index in [0.717, 1.165) is 25.2 Å². The number of aliphatic hydroxyl groups excluding tert-OH is 1. The SMILES string of the molecule is Cc1cc(N)ccc1N1CCCC(CCO)C1. The van der Waals surface area contributed by atoms with Crippen molar-refractivity contribution >= 4 is 11.4 Å². The summed E-state index contributed by atoms with van der Waals surface area (Å²) in [5, 5.41) is 9.03. The van der Waals surface area contributed by atoms with E-state index < -0.39 is 0 Å². The lowest BCUT2D eigenvalue weighted by atomic mass is 9.94. The summed E-state index contributed by atoms with van der Waals surface area (Å²) < 4.78 is 0. The van der Waals surface area contributed by atoms with Gasteiger partial charge in [0, 0.05) is 31.1 Å². The van der Waals surface area contributed by atoms with Crippen LogP contribution in [-0.4, -0.2) is 24.8 Å². The fourth-order valence-electron chi connectivity index (χ4n) is 2.74. The lowest BCUT2D eigenvalue weighted by Crippen LogP contribution is -2.36. The Labute approximate surface area is 103 Å². The first kappa shape index (κ1) is 12.2. The Hall–Kier alpha value is -1.22. The van der Waals surface area contributed by atoms with Gasteiger partial charge in [0.1, 0.15) is 0 Å². The predicted octanol–water partition coefficient (Wildman–Crippen LogP) is 2.18. The molecule has 94 valence electrons. The number of hydrogen-bond donors (Lipinski definition) is 2. The lowest BCUT2D eigenvalue weighted by Gasteiger charge is -2.35. The number of aryl methyl sites for hydroxylation is 1. The third-order valence-corrected chi connectivity index (χ3v) is 3.62. The van der Waals surface area contributed by atoms with Gasteiger partial charge in [0.2, 0.25) is 0 Å². The van der Waals surface area contributed by atoms with Crippen molar-refractivity contribution in [3.05, 3.63) is 23.8 Å². The average molecular weight is 234 g/mol. The second-order valence-electron chi connectivity index (χ2n) is 5.01. The van der Waals surface area contributed by atoms with E-state index in [2.05, 4.69) is 17.9 Å². The number of anilines is 2. The highest BCUT2D eigenvalue weighted by Gasteiger charge is 2.20. The fraction of sp³-hybridized carbons (Fsp3) is 0.571. The molecule has 1 saturated heterocycles. The molecule has 1 aromatic rings. The summed E-state index contributed by atoms with van der Waals surface area (Å²) in [5.74, 6) is 0.630. The zero-order valence-electron chi connectivity index (χ0n) is 10.5. The van der Waals surface area contributed by atoms with Crippen molar-refractivity contribution in [3.8, 4) is 0 Å². The third kappa shape index (κ3) is 2.91. The smallest absolute Gasteiger partial charge is 0.0434 e. The Bertz CT molecular complexity index is 376. The molecule has 1 heterocycles. The number of aliphatic hydroxyl groups is 1. The Morgan fingerprint density at radius 1 is 1.47 bits per heavy atom. The van der Waals surface area contributed by atoms with E-state index in [0.29, 0.717) is 12.5 Å². The minimum Gasteiger partial charge on any atom is -0.399 e. The Morgan fingerprint density at radius 2 is 2.29 bits per heavy atom. The van der Waals surface area contributed by atoms with Crippen molar-refractivity contribution in [3.63, 3.8) is 0 Å². The zero-order chi connectivity index (χ0) is 12.3. The highest BCUT2D eigenvalue weighted by atomic mass is 16.3. The minimum atomic E-state index is 0.305. The summed E-state index contributed by atoms with van der Waals surface area (Å²) >= 11 is 0. The van der Waals surface area contributed by atoms with Crippen LogP contribution in [0.25, 0.3) is 0 Å². The predicted molar refractivity (Wildman–Crippen MR) is 72.2 cm³/mol. The summed E-state index contributed by atoms with van der Waals surface area (Å²) in [7, 11) is 0. The van der Waals surface area contributed by atoms with Crippen LogP contribution in [-0.2, 0) is 0 Å². The van der Waals surface area contributed by atoms with Gasteiger partial charge in [0.25, 0.3) is 0 Å². The molecule has 1 fully saturated rings. The van der Waals surface area contributed by atoms with E-state index in [9.17, 15) is 0 Å². The van der Waals surface area contributed by atoms with Gasteiger partial charge >= 0.3 is 0 Å². The van der Waals surface area contributed by atoms with Gasteiger partial charge in [-0.25, -0.2) is 0 Å². The standard InChI is InChI=1S/C14H22N2O/c1-11-9-13(15)4-5-14(11)16-7-2-3-12(10-16)6-8-17/h4-5,9,12,17H,2-3,6-8,10,15H2,1H3.